The van der Waals surface area contributed by atoms with Crippen LogP contribution in [0.3, 0.4) is 0 Å². The van der Waals surface area contributed by atoms with Crippen LogP contribution < -0.4 is 10.6 Å². The average molecular weight is 373 g/mol. The maximum atomic E-state index is 12.6. The van der Waals surface area contributed by atoms with Gasteiger partial charge >= 0.3 is 0 Å². The fourth-order valence-electron chi connectivity index (χ4n) is 4.22. The summed E-state index contributed by atoms with van der Waals surface area (Å²) in [4.78, 5) is 29.4. The highest BCUT2D eigenvalue weighted by Gasteiger charge is 2.45. The van der Waals surface area contributed by atoms with Crippen molar-refractivity contribution in [3.63, 3.8) is 0 Å². The molecule has 1 aromatic rings. The maximum Gasteiger partial charge on any atom is 0.240 e. The zero-order chi connectivity index (χ0) is 19.3. The third-order valence-corrected chi connectivity index (χ3v) is 6.12. The molecule has 0 radical (unpaired) electrons. The monoisotopic (exact) mass is 372 g/mol. The van der Waals surface area contributed by atoms with Gasteiger partial charge in [-0.3, -0.25) is 14.5 Å². The van der Waals surface area contributed by atoms with Gasteiger partial charge in [-0.2, -0.15) is 0 Å². The Labute approximate surface area is 162 Å². The third kappa shape index (κ3) is 4.68. The molecule has 6 nitrogen and oxygen atoms in total. The van der Waals surface area contributed by atoms with Gasteiger partial charge in [0.1, 0.15) is 5.54 Å². The van der Waals surface area contributed by atoms with Crippen molar-refractivity contribution in [3.05, 3.63) is 35.9 Å². The Hall–Kier alpha value is -1.92. The number of nitrogens with one attached hydrogen (secondary N) is 2. The lowest BCUT2D eigenvalue weighted by atomic mass is 9.85. The predicted molar refractivity (Wildman–Crippen MR) is 106 cm³/mol. The molecule has 3 rings (SSSR count). The molecule has 2 aliphatic heterocycles. The zero-order valence-electron chi connectivity index (χ0n) is 16.5. The van der Waals surface area contributed by atoms with Crippen molar-refractivity contribution < 1.29 is 9.59 Å². The molecule has 0 unspecified atom stereocenters. The first-order chi connectivity index (χ1) is 13.0. The second-order valence-electron chi connectivity index (χ2n) is 7.85. The van der Waals surface area contributed by atoms with E-state index in [4.69, 9.17) is 0 Å². The molecule has 2 saturated heterocycles. The summed E-state index contributed by atoms with van der Waals surface area (Å²) in [5.74, 6) is 0.257. The minimum absolute atomic E-state index is 0.0201. The number of carbonyl (C=O) groups is 2. The summed E-state index contributed by atoms with van der Waals surface area (Å²) in [6, 6.07) is 10.0. The molecule has 0 aromatic heterocycles. The molecule has 6 heteroatoms. The number of hydrogen-bond acceptors (Lipinski definition) is 4. The standard InChI is InChI=1S/C21H32N4O2/c1-17(18-7-4-3-5-8-18)23-19(26)9-14-25-15-10-21(11-16-25)20(27)22-12-6-13-24(21)2/h3-5,7-8,17H,6,9-16H2,1-2H3,(H,22,27)(H,23,26)/t17-/m0/s1. The van der Waals surface area contributed by atoms with Crippen molar-refractivity contribution in [2.75, 3.05) is 39.8 Å². The number of hydrogen-bond donors (Lipinski definition) is 2. The summed E-state index contributed by atoms with van der Waals surface area (Å²) in [5.41, 5.74) is 0.755. The van der Waals surface area contributed by atoms with E-state index >= 15 is 0 Å². The number of nitrogens with zero attached hydrogens (tertiary/aromatic N) is 2. The van der Waals surface area contributed by atoms with Gasteiger partial charge in [0, 0.05) is 39.1 Å². The average Bonchev–Trinajstić information content (AvgIpc) is 2.82. The number of piperidine rings is 1. The van der Waals surface area contributed by atoms with Gasteiger partial charge in [-0.05, 0) is 38.8 Å². The second kappa shape index (κ2) is 8.85. The van der Waals surface area contributed by atoms with E-state index in [0.717, 1.165) is 57.5 Å². The Morgan fingerprint density at radius 1 is 1.22 bits per heavy atom. The lowest BCUT2D eigenvalue weighted by Gasteiger charge is -2.45. The molecule has 1 spiro atoms. The second-order valence-corrected chi connectivity index (χ2v) is 7.85. The molecule has 2 N–H and O–H groups in total. The van der Waals surface area contributed by atoms with Gasteiger partial charge in [0.25, 0.3) is 0 Å². The first kappa shape index (κ1) is 19.8. The fraction of sp³-hybridized carbons (Fsp3) is 0.619. The van der Waals surface area contributed by atoms with Crippen LogP contribution in [0, 0.1) is 0 Å². The predicted octanol–water partition coefficient (Wildman–Crippen LogP) is 1.54. The lowest BCUT2D eigenvalue weighted by molar-refractivity contribution is -0.135. The number of likely N-dealkylation sites (tertiary alicyclic amines) is 1. The van der Waals surface area contributed by atoms with Gasteiger partial charge < -0.3 is 15.5 Å². The third-order valence-electron chi connectivity index (χ3n) is 6.12. The van der Waals surface area contributed by atoms with E-state index in [1.807, 2.05) is 37.3 Å². The quantitative estimate of drug-likeness (QED) is 0.823. The van der Waals surface area contributed by atoms with E-state index in [9.17, 15) is 9.59 Å². The number of benzene rings is 1. The highest BCUT2D eigenvalue weighted by molar-refractivity contribution is 5.86. The Kier molecular flexibility index (Phi) is 6.50. The molecule has 148 valence electrons. The summed E-state index contributed by atoms with van der Waals surface area (Å²) in [7, 11) is 2.07. The van der Waals surface area contributed by atoms with Crippen molar-refractivity contribution in [2.24, 2.45) is 0 Å². The first-order valence-electron chi connectivity index (χ1n) is 10.1. The van der Waals surface area contributed by atoms with E-state index in [-0.39, 0.29) is 23.4 Å². The summed E-state index contributed by atoms with van der Waals surface area (Å²) < 4.78 is 0. The molecule has 2 heterocycles. The van der Waals surface area contributed by atoms with Crippen LogP contribution in [0.4, 0.5) is 0 Å². The topological polar surface area (TPSA) is 64.7 Å². The largest absolute Gasteiger partial charge is 0.354 e. The molecule has 0 bridgehead atoms. The SMILES string of the molecule is C[C@H](NC(=O)CCN1CCC2(CC1)C(=O)NCCCN2C)c1ccccc1. The summed E-state index contributed by atoms with van der Waals surface area (Å²) in [5, 5.41) is 6.15. The molecular weight excluding hydrogens is 340 g/mol. The molecule has 1 aromatic carbocycles. The Balaban J connectivity index is 1.45. The van der Waals surface area contributed by atoms with E-state index in [2.05, 4.69) is 27.5 Å². The zero-order valence-corrected chi connectivity index (χ0v) is 16.5. The summed E-state index contributed by atoms with van der Waals surface area (Å²) in [6.45, 7) is 6.21. The van der Waals surface area contributed by atoms with Crippen molar-refractivity contribution >= 4 is 11.8 Å². The van der Waals surface area contributed by atoms with Gasteiger partial charge in [-0.25, -0.2) is 0 Å². The van der Waals surface area contributed by atoms with Crippen molar-refractivity contribution in [2.45, 2.75) is 44.2 Å². The van der Waals surface area contributed by atoms with Crippen LogP contribution in [0.1, 0.15) is 44.2 Å². The van der Waals surface area contributed by atoms with Crippen LogP contribution in [0.25, 0.3) is 0 Å². The van der Waals surface area contributed by atoms with Crippen molar-refractivity contribution in [1.29, 1.82) is 0 Å². The van der Waals surface area contributed by atoms with E-state index < -0.39 is 0 Å². The molecule has 1 atom stereocenters. The first-order valence-corrected chi connectivity index (χ1v) is 10.1. The van der Waals surface area contributed by atoms with Gasteiger partial charge in [0.15, 0.2) is 0 Å². The Morgan fingerprint density at radius 3 is 2.63 bits per heavy atom. The maximum absolute atomic E-state index is 12.6. The minimum Gasteiger partial charge on any atom is -0.354 e. The summed E-state index contributed by atoms with van der Waals surface area (Å²) in [6.07, 6.45) is 3.16. The van der Waals surface area contributed by atoms with Crippen LogP contribution in [-0.4, -0.2) is 66.9 Å². The van der Waals surface area contributed by atoms with E-state index in [0.29, 0.717) is 6.42 Å². The Morgan fingerprint density at radius 2 is 1.93 bits per heavy atom. The smallest absolute Gasteiger partial charge is 0.240 e. The highest BCUT2D eigenvalue weighted by atomic mass is 16.2. The normalized spacial score (nSPS) is 22.1. The number of amides is 2. The van der Waals surface area contributed by atoms with Gasteiger partial charge in [0.2, 0.25) is 11.8 Å². The van der Waals surface area contributed by atoms with E-state index in [1.54, 1.807) is 0 Å². The molecule has 0 aliphatic carbocycles. The van der Waals surface area contributed by atoms with Crippen LogP contribution in [0.15, 0.2) is 30.3 Å². The van der Waals surface area contributed by atoms with E-state index in [1.165, 1.54) is 0 Å². The minimum atomic E-state index is -0.364. The highest BCUT2D eigenvalue weighted by Crippen LogP contribution is 2.30. The van der Waals surface area contributed by atoms with Gasteiger partial charge in [-0.1, -0.05) is 30.3 Å². The number of likely N-dealkylation sites (N-methyl/N-ethyl adjacent to an activating group) is 1. The van der Waals surface area contributed by atoms with Crippen LogP contribution in [0.2, 0.25) is 0 Å². The molecule has 2 aliphatic rings. The van der Waals surface area contributed by atoms with Gasteiger partial charge in [0.05, 0.1) is 6.04 Å². The van der Waals surface area contributed by atoms with Gasteiger partial charge in [-0.15, -0.1) is 0 Å². The van der Waals surface area contributed by atoms with Crippen LogP contribution in [0.5, 0.6) is 0 Å². The molecule has 27 heavy (non-hydrogen) atoms. The number of carbonyl (C=O) groups excluding carboxylic acids is 2. The molecule has 2 amide bonds. The molecule has 0 saturated carbocycles. The lowest BCUT2D eigenvalue weighted by Crippen LogP contribution is -2.61. The summed E-state index contributed by atoms with van der Waals surface area (Å²) >= 11 is 0. The van der Waals surface area contributed by atoms with Crippen LogP contribution in [-0.2, 0) is 9.59 Å². The molecular formula is C21H32N4O2. The fourth-order valence-corrected chi connectivity index (χ4v) is 4.22. The van der Waals surface area contributed by atoms with Crippen molar-refractivity contribution in [1.82, 2.24) is 20.4 Å². The Bertz CT molecular complexity index is 641. The number of rotatable bonds is 5. The van der Waals surface area contributed by atoms with Crippen LogP contribution >= 0.6 is 0 Å². The molecule has 2 fully saturated rings. The van der Waals surface area contributed by atoms with Crippen molar-refractivity contribution in [3.8, 4) is 0 Å².